The van der Waals surface area contributed by atoms with Gasteiger partial charge in [-0.15, -0.1) is 5.10 Å². The molecule has 3 aromatic rings. The molecule has 0 unspecified atom stereocenters. The predicted molar refractivity (Wildman–Crippen MR) is 112 cm³/mol. The van der Waals surface area contributed by atoms with Crippen LogP contribution in [0.25, 0.3) is 11.0 Å². The Bertz CT molecular complexity index is 1010. The van der Waals surface area contributed by atoms with Gasteiger partial charge in [0.1, 0.15) is 5.52 Å². The monoisotopic (exact) mass is 443 g/mol. The average Bonchev–Trinajstić information content (AvgIpc) is 3.07. The van der Waals surface area contributed by atoms with Crippen molar-refractivity contribution in [3.8, 4) is 0 Å². The van der Waals surface area contributed by atoms with Crippen LogP contribution in [0.2, 0.25) is 0 Å². The lowest BCUT2D eigenvalue weighted by atomic mass is 10.2. The lowest BCUT2D eigenvalue weighted by molar-refractivity contribution is -0.116. The van der Waals surface area contributed by atoms with E-state index in [9.17, 15) is 9.59 Å². The van der Waals surface area contributed by atoms with Crippen molar-refractivity contribution in [3.63, 3.8) is 0 Å². The van der Waals surface area contributed by atoms with Gasteiger partial charge in [0.15, 0.2) is 0 Å². The van der Waals surface area contributed by atoms with Crippen LogP contribution in [0.4, 0.5) is 5.69 Å². The number of halogens is 1. The molecule has 28 heavy (non-hydrogen) atoms. The number of rotatable bonds is 7. The molecular weight excluding hydrogens is 422 g/mol. The topological polar surface area (TPSA) is 88.9 Å². The molecule has 0 atom stereocenters. The van der Waals surface area contributed by atoms with Gasteiger partial charge in [-0.2, -0.15) is 0 Å². The lowest BCUT2D eigenvalue weighted by Gasteiger charge is -2.08. The summed E-state index contributed by atoms with van der Waals surface area (Å²) in [6.07, 6.45) is 1.15. The molecule has 0 saturated heterocycles. The SMILES string of the molecule is CCCn1nnc2cc(C(=O)NCCC(=O)Nc3ccc(Br)c(C)c3)ccc21. The van der Waals surface area contributed by atoms with E-state index in [1.165, 1.54) is 0 Å². The molecule has 2 aromatic carbocycles. The highest BCUT2D eigenvalue weighted by molar-refractivity contribution is 9.10. The van der Waals surface area contributed by atoms with Gasteiger partial charge in [0, 0.05) is 35.2 Å². The molecule has 7 nitrogen and oxygen atoms in total. The lowest BCUT2D eigenvalue weighted by Crippen LogP contribution is -2.27. The van der Waals surface area contributed by atoms with Gasteiger partial charge in [0.2, 0.25) is 5.91 Å². The first kappa shape index (κ1) is 20.0. The Morgan fingerprint density at radius 3 is 2.75 bits per heavy atom. The molecule has 0 bridgehead atoms. The standard InChI is InChI=1S/C20H22BrN5O2/c1-3-10-26-18-7-4-14(12-17(18)24-25-26)20(28)22-9-8-19(27)23-15-5-6-16(21)13(2)11-15/h4-7,11-12H,3,8-10H2,1-2H3,(H,22,28)(H,23,27). The number of aromatic nitrogens is 3. The third-order valence-corrected chi connectivity index (χ3v) is 5.18. The minimum absolute atomic E-state index is 0.153. The quantitative estimate of drug-likeness (QED) is 0.582. The number of hydrogen-bond acceptors (Lipinski definition) is 4. The summed E-state index contributed by atoms with van der Waals surface area (Å²) in [5.41, 5.74) is 3.86. The smallest absolute Gasteiger partial charge is 0.251 e. The maximum absolute atomic E-state index is 12.3. The van der Waals surface area contributed by atoms with Crippen LogP contribution in [-0.2, 0) is 11.3 Å². The first-order chi connectivity index (χ1) is 13.5. The zero-order chi connectivity index (χ0) is 20.1. The molecule has 0 saturated carbocycles. The largest absolute Gasteiger partial charge is 0.352 e. The number of fused-ring (bicyclic) bond motifs is 1. The molecule has 0 spiro atoms. The van der Waals surface area contributed by atoms with Crippen molar-refractivity contribution >= 4 is 44.5 Å². The summed E-state index contributed by atoms with van der Waals surface area (Å²) in [5, 5.41) is 13.8. The summed E-state index contributed by atoms with van der Waals surface area (Å²) in [4.78, 5) is 24.4. The second kappa shape index (κ2) is 8.97. The third kappa shape index (κ3) is 4.75. The van der Waals surface area contributed by atoms with E-state index < -0.39 is 0 Å². The van der Waals surface area contributed by atoms with Crippen LogP contribution in [0.1, 0.15) is 35.7 Å². The van der Waals surface area contributed by atoms with Crippen molar-refractivity contribution in [1.82, 2.24) is 20.3 Å². The van der Waals surface area contributed by atoms with Crippen LogP contribution in [-0.4, -0.2) is 33.4 Å². The Morgan fingerprint density at radius 2 is 2.00 bits per heavy atom. The maximum atomic E-state index is 12.3. The van der Waals surface area contributed by atoms with Crippen LogP contribution in [0, 0.1) is 6.92 Å². The van der Waals surface area contributed by atoms with Gasteiger partial charge in [0.25, 0.3) is 5.91 Å². The Balaban J connectivity index is 1.53. The van der Waals surface area contributed by atoms with Gasteiger partial charge >= 0.3 is 0 Å². The number of aryl methyl sites for hydroxylation is 2. The number of anilines is 1. The molecule has 2 N–H and O–H groups in total. The minimum atomic E-state index is -0.237. The Kier molecular flexibility index (Phi) is 6.41. The molecule has 8 heteroatoms. The zero-order valence-electron chi connectivity index (χ0n) is 15.8. The fraction of sp³-hybridized carbons (Fsp3) is 0.300. The first-order valence-electron chi connectivity index (χ1n) is 9.15. The number of carbonyl (C=O) groups is 2. The number of benzene rings is 2. The molecule has 0 aliphatic rings. The first-order valence-corrected chi connectivity index (χ1v) is 9.94. The molecule has 0 radical (unpaired) electrons. The summed E-state index contributed by atoms with van der Waals surface area (Å²) in [5.74, 6) is -0.390. The van der Waals surface area contributed by atoms with Gasteiger partial charge in [-0.1, -0.05) is 28.1 Å². The number of nitrogens with zero attached hydrogens (tertiary/aromatic N) is 3. The van der Waals surface area contributed by atoms with Crippen molar-refractivity contribution in [1.29, 1.82) is 0 Å². The van der Waals surface area contributed by atoms with Crippen molar-refractivity contribution in [3.05, 3.63) is 52.0 Å². The molecule has 0 aliphatic heterocycles. The van der Waals surface area contributed by atoms with Crippen LogP contribution < -0.4 is 10.6 Å². The van der Waals surface area contributed by atoms with Crippen LogP contribution in [0.15, 0.2) is 40.9 Å². The Labute approximate surface area is 171 Å². The fourth-order valence-electron chi connectivity index (χ4n) is 2.83. The summed E-state index contributed by atoms with van der Waals surface area (Å²) in [6.45, 7) is 5.07. The van der Waals surface area contributed by atoms with Crippen molar-refractivity contribution in [2.24, 2.45) is 0 Å². The van der Waals surface area contributed by atoms with E-state index in [2.05, 4.69) is 43.8 Å². The zero-order valence-corrected chi connectivity index (χ0v) is 17.4. The fourth-order valence-corrected chi connectivity index (χ4v) is 3.07. The molecule has 3 rings (SSSR count). The average molecular weight is 444 g/mol. The molecule has 146 valence electrons. The number of amides is 2. The predicted octanol–water partition coefficient (Wildman–Crippen LogP) is 3.67. The Morgan fingerprint density at radius 1 is 1.18 bits per heavy atom. The van der Waals surface area contributed by atoms with E-state index in [4.69, 9.17) is 0 Å². The Hall–Kier alpha value is -2.74. The van der Waals surface area contributed by atoms with Gasteiger partial charge < -0.3 is 10.6 Å². The second-order valence-corrected chi connectivity index (χ2v) is 7.39. The molecule has 1 aromatic heterocycles. The highest BCUT2D eigenvalue weighted by Gasteiger charge is 2.11. The van der Waals surface area contributed by atoms with Crippen molar-refractivity contribution < 1.29 is 9.59 Å². The summed E-state index contributed by atoms with van der Waals surface area (Å²) < 4.78 is 2.81. The molecule has 0 fully saturated rings. The summed E-state index contributed by atoms with van der Waals surface area (Å²) >= 11 is 3.43. The van der Waals surface area contributed by atoms with Crippen LogP contribution in [0.5, 0.6) is 0 Å². The van der Waals surface area contributed by atoms with Gasteiger partial charge in [-0.25, -0.2) is 4.68 Å². The van der Waals surface area contributed by atoms with E-state index in [1.807, 2.05) is 35.9 Å². The van der Waals surface area contributed by atoms with Gasteiger partial charge in [-0.05, 0) is 55.3 Å². The normalized spacial score (nSPS) is 10.8. The van der Waals surface area contributed by atoms with Crippen LogP contribution in [0.3, 0.4) is 0 Å². The number of hydrogen-bond donors (Lipinski definition) is 2. The summed E-state index contributed by atoms with van der Waals surface area (Å²) in [6, 6.07) is 10.9. The highest BCUT2D eigenvalue weighted by atomic mass is 79.9. The third-order valence-electron chi connectivity index (χ3n) is 4.29. The molecule has 2 amide bonds. The van der Waals surface area contributed by atoms with E-state index in [0.29, 0.717) is 11.1 Å². The number of nitrogens with one attached hydrogen (secondary N) is 2. The van der Waals surface area contributed by atoms with Crippen LogP contribution >= 0.6 is 15.9 Å². The van der Waals surface area contributed by atoms with Gasteiger partial charge in [0.05, 0.1) is 5.52 Å². The van der Waals surface area contributed by atoms with E-state index in [-0.39, 0.29) is 24.8 Å². The molecule has 1 heterocycles. The molecular formula is C20H22BrN5O2. The molecule has 0 aliphatic carbocycles. The second-order valence-electron chi connectivity index (χ2n) is 6.53. The number of carbonyl (C=O) groups excluding carboxylic acids is 2. The summed E-state index contributed by atoms with van der Waals surface area (Å²) in [7, 11) is 0. The van der Waals surface area contributed by atoms with E-state index >= 15 is 0 Å². The van der Waals surface area contributed by atoms with E-state index in [0.717, 1.165) is 34.2 Å². The maximum Gasteiger partial charge on any atom is 0.251 e. The minimum Gasteiger partial charge on any atom is -0.352 e. The van der Waals surface area contributed by atoms with Crippen molar-refractivity contribution in [2.45, 2.75) is 33.2 Å². The van der Waals surface area contributed by atoms with E-state index in [1.54, 1.807) is 12.1 Å². The highest BCUT2D eigenvalue weighted by Crippen LogP contribution is 2.20. The van der Waals surface area contributed by atoms with Crippen molar-refractivity contribution in [2.75, 3.05) is 11.9 Å². The van der Waals surface area contributed by atoms with Gasteiger partial charge in [-0.3, -0.25) is 9.59 Å².